The molecular weight excluding hydrogens is 176 g/mol. The highest BCUT2D eigenvalue weighted by atomic mass is 16.1. The van der Waals surface area contributed by atoms with Crippen LogP contribution < -0.4 is 11.1 Å². The monoisotopic (exact) mass is 188 g/mol. The molecule has 0 fully saturated rings. The standard InChI is InChI=1S/C11H12N2O/c12-11(14)9-6-7-13-10(9)8-4-2-1-3-5-8/h1-6,10,13H,7H2,(H2,12,14). The third-order valence-corrected chi connectivity index (χ3v) is 2.37. The number of carbonyl (C=O) groups excluding carboxylic acids is 1. The van der Waals surface area contributed by atoms with E-state index in [-0.39, 0.29) is 11.9 Å². The van der Waals surface area contributed by atoms with E-state index in [1.54, 1.807) is 0 Å². The second kappa shape index (κ2) is 3.64. The van der Waals surface area contributed by atoms with Crippen LogP contribution in [0.5, 0.6) is 0 Å². The lowest BCUT2D eigenvalue weighted by Gasteiger charge is -2.13. The lowest BCUT2D eigenvalue weighted by molar-refractivity contribution is -0.114. The maximum absolute atomic E-state index is 11.1. The number of benzene rings is 1. The van der Waals surface area contributed by atoms with E-state index in [2.05, 4.69) is 5.32 Å². The highest BCUT2D eigenvalue weighted by molar-refractivity contribution is 5.94. The number of nitrogens with two attached hydrogens (primary N) is 1. The molecular formula is C11H12N2O. The summed E-state index contributed by atoms with van der Waals surface area (Å²) in [6, 6.07) is 9.79. The summed E-state index contributed by atoms with van der Waals surface area (Å²) in [5.41, 5.74) is 7.02. The fourth-order valence-electron chi connectivity index (χ4n) is 1.70. The molecule has 1 aromatic rings. The van der Waals surface area contributed by atoms with Crippen LogP contribution in [0.4, 0.5) is 0 Å². The molecule has 72 valence electrons. The number of hydrogen-bond donors (Lipinski definition) is 2. The maximum Gasteiger partial charge on any atom is 0.246 e. The van der Waals surface area contributed by atoms with E-state index in [4.69, 9.17) is 5.73 Å². The Morgan fingerprint density at radius 2 is 2.07 bits per heavy atom. The van der Waals surface area contributed by atoms with Gasteiger partial charge < -0.3 is 11.1 Å². The summed E-state index contributed by atoms with van der Waals surface area (Å²) in [7, 11) is 0. The molecule has 1 aliphatic rings. The van der Waals surface area contributed by atoms with Crippen LogP contribution in [-0.2, 0) is 4.79 Å². The van der Waals surface area contributed by atoms with Crippen LogP contribution in [0.2, 0.25) is 0 Å². The molecule has 1 aromatic carbocycles. The molecule has 1 aliphatic heterocycles. The third-order valence-electron chi connectivity index (χ3n) is 2.37. The van der Waals surface area contributed by atoms with Crippen molar-refractivity contribution in [2.75, 3.05) is 6.54 Å². The zero-order chi connectivity index (χ0) is 9.97. The number of hydrogen-bond acceptors (Lipinski definition) is 2. The van der Waals surface area contributed by atoms with E-state index < -0.39 is 0 Å². The van der Waals surface area contributed by atoms with Crippen LogP contribution in [-0.4, -0.2) is 12.5 Å². The van der Waals surface area contributed by atoms with Crippen molar-refractivity contribution in [1.82, 2.24) is 5.32 Å². The lowest BCUT2D eigenvalue weighted by Crippen LogP contribution is -2.23. The highest BCUT2D eigenvalue weighted by Crippen LogP contribution is 2.24. The average Bonchev–Trinajstić information content (AvgIpc) is 2.67. The lowest BCUT2D eigenvalue weighted by atomic mass is 10.0. The van der Waals surface area contributed by atoms with E-state index in [1.807, 2.05) is 36.4 Å². The van der Waals surface area contributed by atoms with Crippen molar-refractivity contribution < 1.29 is 4.79 Å². The van der Waals surface area contributed by atoms with Gasteiger partial charge in [-0.1, -0.05) is 36.4 Å². The number of carbonyl (C=O) groups is 1. The molecule has 3 nitrogen and oxygen atoms in total. The normalized spacial score (nSPS) is 20.6. The Morgan fingerprint density at radius 3 is 2.71 bits per heavy atom. The molecule has 0 saturated heterocycles. The quantitative estimate of drug-likeness (QED) is 0.719. The second-order valence-corrected chi connectivity index (χ2v) is 3.28. The van der Waals surface area contributed by atoms with Gasteiger partial charge in [0.05, 0.1) is 6.04 Å². The van der Waals surface area contributed by atoms with Gasteiger partial charge in [-0.25, -0.2) is 0 Å². The fourth-order valence-corrected chi connectivity index (χ4v) is 1.70. The average molecular weight is 188 g/mol. The molecule has 0 bridgehead atoms. The van der Waals surface area contributed by atoms with Crippen LogP contribution in [0.1, 0.15) is 11.6 Å². The van der Waals surface area contributed by atoms with Crippen molar-refractivity contribution in [3.05, 3.63) is 47.5 Å². The largest absolute Gasteiger partial charge is 0.366 e. The molecule has 2 rings (SSSR count). The van der Waals surface area contributed by atoms with Crippen molar-refractivity contribution in [1.29, 1.82) is 0 Å². The first kappa shape index (κ1) is 8.97. The summed E-state index contributed by atoms with van der Waals surface area (Å²) < 4.78 is 0. The minimum absolute atomic E-state index is 0.0336. The number of primary amides is 1. The van der Waals surface area contributed by atoms with Crippen LogP contribution in [0, 0.1) is 0 Å². The molecule has 3 N–H and O–H groups in total. The van der Waals surface area contributed by atoms with Gasteiger partial charge in [-0.3, -0.25) is 4.79 Å². The minimum Gasteiger partial charge on any atom is -0.366 e. The van der Waals surface area contributed by atoms with Gasteiger partial charge in [0, 0.05) is 12.1 Å². The van der Waals surface area contributed by atoms with Crippen LogP contribution in [0.3, 0.4) is 0 Å². The molecule has 0 aliphatic carbocycles. The molecule has 1 amide bonds. The second-order valence-electron chi connectivity index (χ2n) is 3.28. The van der Waals surface area contributed by atoms with Crippen molar-refractivity contribution in [3.63, 3.8) is 0 Å². The fraction of sp³-hybridized carbons (Fsp3) is 0.182. The Labute approximate surface area is 82.6 Å². The molecule has 0 spiro atoms. The maximum atomic E-state index is 11.1. The van der Waals surface area contributed by atoms with Gasteiger partial charge in [-0.2, -0.15) is 0 Å². The van der Waals surface area contributed by atoms with E-state index >= 15 is 0 Å². The van der Waals surface area contributed by atoms with Crippen molar-refractivity contribution >= 4 is 5.91 Å². The van der Waals surface area contributed by atoms with Gasteiger partial charge >= 0.3 is 0 Å². The summed E-state index contributed by atoms with van der Waals surface area (Å²) in [6.07, 6.45) is 1.85. The molecule has 0 saturated carbocycles. The molecule has 0 aromatic heterocycles. The van der Waals surface area contributed by atoms with Crippen LogP contribution in [0.25, 0.3) is 0 Å². The Hall–Kier alpha value is -1.61. The number of amides is 1. The molecule has 0 radical (unpaired) electrons. The SMILES string of the molecule is NC(=O)C1=CCNC1c1ccccc1. The first-order valence-corrected chi connectivity index (χ1v) is 4.57. The summed E-state index contributed by atoms with van der Waals surface area (Å²) >= 11 is 0. The topological polar surface area (TPSA) is 55.1 Å². The van der Waals surface area contributed by atoms with Gasteiger partial charge in [0.2, 0.25) is 5.91 Å². The predicted octanol–water partition coefficient (Wildman–Crippen LogP) is 0.743. The van der Waals surface area contributed by atoms with Gasteiger partial charge in [-0.15, -0.1) is 0 Å². The van der Waals surface area contributed by atoms with E-state index in [1.165, 1.54) is 0 Å². The van der Waals surface area contributed by atoms with Gasteiger partial charge in [0.25, 0.3) is 0 Å². The molecule has 1 atom stereocenters. The molecule has 14 heavy (non-hydrogen) atoms. The van der Waals surface area contributed by atoms with Crippen molar-refractivity contribution in [2.24, 2.45) is 5.73 Å². The molecule has 1 unspecified atom stereocenters. The Kier molecular flexibility index (Phi) is 2.33. The molecule has 1 heterocycles. The summed E-state index contributed by atoms with van der Waals surface area (Å²) in [6.45, 7) is 0.706. The van der Waals surface area contributed by atoms with Gasteiger partial charge in [-0.05, 0) is 5.56 Å². The van der Waals surface area contributed by atoms with E-state index in [0.717, 1.165) is 5.56 Å². The zero-order valence-corrected chi connectivity index (χ0v) is 7.73. The predicted molar refractivity (Wildman–Crippen MR) is 54.5 cm³/mol. The Balaban J connectivity index is 2.29. The summed E-state index contributed by atoms with van der Waals surface area (Å²) in [4.78, 5) is 11.1. The molecule has 3 heteroatoms. The highest BCUT2D eigenvalue weighted by Gasteiger charge is 2.23. The number of rotatable bonds is 2. The van der Waals surface area contributed by atoms with Gasteiger partial charge in [0.15, 0.2) is 0 Å². The first-order valence-electron chi connectivity index (χ1n) is 4.57. The van der Waals surface area contributed by atoms with Crippen molar-refractivity contribution in [3.8, 4) is 0 Å². The Bertz CT molecular complexity index is 370. The number of nitrogens with one attached hydrogen (secondary N) is 1. The van der Waals surface area contributed by atoms with E-state index in [9.17, 15) is 4.79 Å². The smallest absolute Gasteiger partial charge is 0.246 e. The van der Waals surface area contributed by atoms with Gasteiger partial charge in [0.1, 0.15) is 0 Å². The van der Waals surface area contributed by atoms with Crippen molar-refractivity contribution in [2.45, 2.75) is 6.04 Å². The van der Waals surface area contributed by atoms with Crippen LogP contribution in [0.15, 0.2) is 42.0 Å². The summed E-state index contributed by atoms with van der Waals surface area (Å²) in [5, 5.41) is 3.21. The third kappa shape index (κ3) is 1.54. The first-order chi connectivity index (χ1) is 6.79. The Morgan fingerprint density at radius 1 is 1.36 bits per heavy atom. The summed E-state index contributed by atoms with van der Waals surface area (Å²) in [5.74, 6) is -0.344. The van der Waals surface area contributed by atoms with E-state index in [0.29, 0.717) is 12.1 Å². The van der Waals surface area contributed by atoms with Crippen LogP contribution >= 0.6 is 0 Å². The zero-order valence-electron chi connectivity index (χ0n) is 7.73. The minimum atomic E-state index is -0.344.